The number of ether oxygens (including phenoxy) is 1. The Kier molecular flexibility index (Phi) is 6.97. The summed E-state index contributed by atoms with van der Waals surface area (Å²) >= 11 is 6.93. The van der Waals surface area contributed by atoms with Crippen molar-refractivity contribution in [1.82, 2.24) is 4.98 Å². The number of aromatic nitrogens is 1. The molecule has 0 saturated heterocycles. The number of rotatable bonds is 6. The quantitative estimate of drug-likeness (QED) is 0.193. The first-order valence-corrected chi connectivity index (χ1v) is 11.7. The van der Waals surface area contributed by atoms with Gasteiger partial charge in [-0.25, -0.2) is 0 Å². The van der Waals surface area contributed by atoms with Crippen LogP contribution in [0.15, 0.2) is 81.4 Å². The van der Waals surface area contributed by atoms with E-state index < -0.39 is 5.91 Å². The first-order chi connectivity index (χ1) is 15.9. The summed E-state index contributed by atoms with van der Waals surface area (Å²) in [6, 6.07) is 21.4. The number of carbonyl (C=O) groups excluding carboxylic acids is 1. The molecular formula is C26H19Br2N3O2. The van der Waals surface area contributed by atoms with Gasteiger partial charge in [-0.3, -0.25) is 4.79 Å². The average molecular weight is 565 g/mol. The molecule has 3 aromatic carbocycles. The highest BCUT2D eigenvalue weighted by Gasteiger charge is 2.15. The summed E-state index contributed by atoms with van der Waals surface area (Å²) in [5.74, 6) is 0.213. The fourth-order valence-electron chi connectivity index (χ4n) is 3.38. The molecule has 1 aromatic heterocycles. The number of fused-ring (bicyclic) bond motifs is 1. The molecule has 0 aliphatic rings. The number of benzene rings is 3. The van der Waals surface area contributed by atoms with Crippen LogP contribution in [0, 0.1) is 18.3 Å². The van der Waals surface area contributed by atoms with Gasteiger partial charge in [-0.05, 0) is 86.3 Å². The van der Waals surface area contributed by atoms with E-state index in [1.54, 1.807) is 12.3 Å². The van der Waals surface area contributed by atoms with Crippen molar-refractivity contribution in [3.05, 3.63) is 98.1 Å². The predicted molar refractivity (Wildman–Crippen MR) is 138 cm³/mol. The summed E-state index contributed by atoms with van der Waals surface area (Å²) < 4.78 is 7.39. The lowest BCUT2D eigenvalue weighted by Gasteiger charge is -2.10. The van der Waals surface area contributed by atoms with E-state index in [0.29, 0.717) is 18.0 Å². The number of aryl methyl sites for hydroxylation is 1. The first-order valence-electron chi connectivity index (χ1n) is 10.1. The highest BCUT2D eigenvalue weighted by atomic mass is 79.9. The van der Waals surface area contributed by atoms with E-state index in [1.165, 1.54) is 0 Å². The van der Waals surface area contributed by atoms with Crippen LogP contribution in [0.4, 0.5) is 5.69 Å². The Labute approximate surface area is 208 Å². The lowest BCUT2D eigenvalue weighted by molar-refractivity contribution is -0.112. The van der Waals surface area contributed by atoms with Crippen molar-refractivity contribution < 1.29 is 9.53 Å². The van der Waals surface area contributed by atoms with Crippen molar-refractivity contribution in [2.45, 2.75) is 13.5 Å². The van der Waals surface area contributed by atoms with Crippen LogP contribution >= 0.6 is 31.9 Å². The van der Waals surface area contributed by atoms with Crippen molar-refractivity contribution in [1.29, 1.82) is 5.26 Å². The fraction of sp³-hybridized carbons (Fsp3) is 0.0769. The number of amides is 1. The number of hydrogen-bond donors (Lipinski definition) is 2. The molecule has 4 aromatic rings. The highest BCUT2D eigenvalue weighted by Crippen LogP contribution is 2.33. The molecule has 0 atom stereocenters. The molecule has 33 heavy (non-hydrogen) atoms. The number of halogens is 2. The molecule has 5 nitrogen and oxygen atoms in total. The third-order valence-electron chi connectivity index (χ3n) is 5.02. The molecule has 1 amide bonds. The summed E-state index contributed by atoms with van der Waals surface area (Å²) in [6.45, 7) is 2.41. The Balaban J connectivity index is 1.58. The van der Waals surface area contributed by atoms with Gasteiger partial charge in [0.15, 0.2) is 0 Å². The van der Waals surface area contributed by atoms with Crippen LogP contribution in [0.2, 0.25) is 0 Å². The van der Waals surface area contributed by atoms with E-state index in [2.05, 4.69) is 42.2 Å². The van der Waals surface area contributed by atoms with E-state index in [9.17, 15) is 10.1 Å². The number of anilines is 1. The van der Waals surface area contributed by atoms with Gasteiger partial charge < -0.3 is 15.0 Å². The maximum Gasteiger partial charge on any atom is 0.266 e. The largest absolute Gasteiger partial charge is 0.489 e. The van der Waals surface area contributed by atoms with E-state index in [4.69, 9.17) is 4.74 Å². The molecule has 0 aliphatic heterocycles. The Morgan fingerprint density at radius 3 is 2.55 bits per heavy atom. The van der Waals surface area contributed by atoms with Crippen molar-refractivity contribution in [3.63, 3.8) is 0 Å². The van der Waals surface area contributed by atoms with Gasteiger partial charge in [0.05, 0.1) is 5.69 Å². The van der Waals surface area contributed by atoms with Gasteiger partial charge in [0.1, 0.15) is 24.0 Å². The van der Waals surface area contributed by atoms with Gasteiger partial charge in [0.25, 0.3) is 5.91 Å². The summed E-state index contributed by atoms with van der Waals surface area (Å²) in [5, 5.41) is 13.3. The van der Waals surface area contributed by atoms with E-state index >= 15 is 0 Å². The second kappa shape index (κ2) is 10.1. The molecular weight excluding hydrogens is 546 g/mol. The minimum Gasteiger partial charge on any atom is -0.489 e. The minimum atomic E-state index is -0.492. The number of hydrogen-bond acceptors (Lipinski definition) is 3. The lowest BCUT2D eigenvalue weighted by Crippen LogP contribution is -2.14. The maximum absolute atomic E-state index is 12.8. The molecule has 0 radical (unpaired) electrons. The molecule has 1 heterocycles. The molecule has 164 valence electrons. The second-order valence-electron chi connectivity index (χ2n) is 7.45. The Morgan fingerprint density at radius 2 is 1.85 bits per heavy atom. The van der Waals surface area contributed by atoms with Crippen molar-refractivity contribution in [2.75, 3.05) is 5.32 Å². The molecule has 0 spiro atoms. The maximum atomic E-state index is 12.8. The first kappa shape index (κ1) is 22.8. The Morgan fingerprint density at radius 1 is 1.12 bits per heavy atom. The summed E-state index contributed by atoms with van der Waals surface area (Å²) in [4.78, 5) is 16.0. The zero-order valence-corrected chi connectivity index (χ0v) is 20.8. The van der Waals surface area contributed by atoms with Crippen LogP contribution in [-0.4, -0.2) is 10.9 Å². The topological polar surface area (TPSA) is 77.9 Å². The van der Waals surface area contributed by atoms with Crippen LogP contribution in [0.1, 0.15) is 16.7 Å². The zero-order chi connectivity index (χ0) is 23.4. The van der Waals surface area contributed by atoms with Crippen LogP contribution in [0.25, 0.3) is 17.0 Å². The number of aromatic amines is 1. The fourth-order valence-corrected chi connectivity index (χ4v) is 4.99. The Bertz CT molecular complexity index is 1380. The summed E-state index contributed by atoms with van der Waals surface area (Å²) in [6.07, 6.45) is 3.35. The van der Waals surface area contributed by atoms with E-state index in [1.807, 2.05) is 73.7 Å². The van der Waals surface area contributed by atoms with Gasteiger partial charge in [-0.1, -0.05) is 30.3 Å². The molecule has 0 unspecified atom stereocenters. The molecule has 7 heteroatoms. The second-order valence-corrected chi connectivity index (χ2v) is 9.16. The predicted octanol–water partition coefficient (Wildman–Crippen LogP) is 7.13. The smallest absolute Gasteiger partial charge is 0.266 e. The SMILES string of the molecule is Cc1cc(Br)c(NC(=O)/C(C#N)=C/c2c[nH]c3ccc(OCc4ccccc4)cc23)c(Br)c1. The van der Waals surface area contributed by atoms with Crippen LogP contribution < -0.4 is 10.1 Å². The third kappa shape index (κ3) is 5.36. The van der Waals surface area contributed by atoms with Gasteiger partial charge >= 0.3 is 0 Å². The Hall–Kier alpha value is -3.34. The van der Waals surface area contributed by atoms with Crippen molar-refractivity contribution in [2.24, 2.45) is 0 Å². The van der Waals surface area contributed by atoms with Crippen LogP contribution in [0.3, 0.4) is 0 Å². The van der Waals surface area contributed by atoms with Crippen molar-refractivity contribution >= 4 is 60.4 Å². The summed E-state index contributed by atoms with van der Waals surface area (Å²) in [5.41, 5.74) is 4.28. The summed E-state index contributed by atoms with van der Waals surface area (Å²) in [7, 11) is 0. The monoisotopic (exact) mass is 563 g/mol. The number of nitrogens with one attached hydrogen (secondary N) is 2. The molecule has 0 fully saturated rings. The number of nitriles is 1. The van der Waals surface area contributed by atoms with Gasteiger partial charge in [-0.2, -0.15) is 5.26 Å². The molecule has 2 N–H and O–H groups in total. The number of nitrogens with zero attached hydrogens (tertiary/aromatic N) is 1. The van der Waals surface area contributed by atoms with E-state index in [0.717, 1.165) is 36.5 Å². The average Bonchev–Trinajstić information content (AvgIpc) is 3.21. The lowest BCUT2D eigenvalue weighted by atomic mass is 10.1. The van der Waals surface area contributed by atoms with Crippen LogP contribution in [-0.2, 0) is 11.4 Å². The van der Waals surface area contributed by atoms with Gasteiger partial charge in [-0.15, -0.1) is 0 Å². The number of H-pyrrole nitrogens is 1. The van der Waals surface area contributed by atoms with Crippen LogP contribution in [0.5, 0.6) is 5.75 Å². The third-order valence-corrected chi connectivity index (χ3v) is 6.27. The number of carbonyl (C=O) groups is 1. The standard InChI is InChI=1S/C26H19Br2N3O2/c1-16-9-22(27)25(23(28)10-16)31-26(32)18(13-29)11-19-14-30-24-8-7-20(12-21(19)24)33-15-17-5-3-2-4-6-17/h2-12,14,30H,15H2,1H3,(H,31,32)/b18-11+. The van der Waals surface area contributed by atoms with Gasteiger partial charge in [0.2, 0.25) is 0 Å². The molecule has 0 aliphatic carbocycles. The highest BCUT2D eigenvalue weighted by molar-refractivity contribution is 9.11. The molecule has 4 rings (SSSR count). The molecule has 0 saturated carbocycles. The van der Waals surface area contributed by atoms with Gasteiger partial charge in [0, 0.05) is 31.6 Å². The van der Waals surface area contributed by atoms with Crippen molar-refractivity contribution in [3.8, 4) is 11.8 Å². The zero-order valence-electron chi connectivity index (χ0n) is 17.7. The normalized spacial score (nSPS) is 11.3. The van der Waals surface area contributed by atoms with E-state index in [-0.39, 0.29) is 5.57 Å². The molecule has 0 bridgehead atoms. The minimum absolute atomic E-state index is 0.00844.